The smallest absolute Gasteiger partial charge is 0.295 e. The highest BCUT2D eigenvalue weighted by molar-refractivity contribution is 7.86. The highest BCUT2D eigenvalue weighted by atomic mass is 32.2. The van der Waals surface area contributed by atoms with Gasteiger partial charge < -0.3 is 5.32 Å². The van der Waals surface area contributed by atoms with Crippen LogP contribution < -0.4 is 5.32 Å². The number of benzene rings is 2. The van der Waals surface area contributed by atoms with E-state index in [0.29, 0.717) is 16.5 Å². The summed E-state index contributed by atoms with van der Waals surface area (Å²) < 4.78 is 31.6. The minimum atomic E-state index is -4.27. The molecule has 0 saturated carbocycles. The number of carbonyl (C=O) groups is 1. The van der Waals surface area contributed by atoms with E-state index in [1.54, 1.807) is 18.2 Å². The molecule has 0 atom stereocenters. The SMILES string of the molecule is C=CC(=O)Nc1ccc2c(S(=O)(=O)O)cccc2c1. The van der Waals surface area contributed by atoms with Crippen LogP contribution in [0.3, 0.4) is 0 Å². The van der Waals surface area contributed by atoms with Gasteiger partial charge in [0.05, 0.1) is 0 Å². The number of hydrogen-bond donors (Lipinski definition) is 2. The normalized spacial score (nSPS) is 11.2. The summed E-state index contributed by atoms with van der Waals surface area (Å²) >= 11 is 0. The van der Waals surface area contributed by atoms with Gasteiger partial charge in [0.15, 0.2) is 0 Å². The molecule has 2 rings (SSSR count). The Morgan fingerprint density at radius 3 is 2.63 bits per heavy atom. The Bertz CT molecular complexity index is 765. The van der Waals surface area contributed by atoms with Gasteiger partial charge in [0.2, 0.25) is 5.91 Å². The predicted octanol–water partition coefficient (Wildman–Crippen LogP) is 2.21. The zero-order chi connectivity index (χ0) is 14.0. The van der Waals surface area contributed by atoms with E-state index >= 15 is 0 Å². The molecule has 98 valence electrons. The van der Waals surface area contributed by atoms with Crippen molar-refractivity contribution in [2.45, 2.75) is 4.90 Å². The second-order valence-corrected chi connectivity index (χ2v) is 5.25. The molecule has 19 heavy (non-hydrogen) atoms. The number of nitrogens with one attached hydrogen (secondary N) is 1. The van der Waals surface area contributed by atoms with Crippen LogP contribution in [-0.2, 0) is 14.9 Å². The minimum absolute atomic E-state index is 0.161. The first kappa shape index (κ1) is 13.3. The van der Waals surface area contributed by atoms with E-state index in [1.165, 1.54) is 18.2 Å². The number of rotatable bonds is 3. The fraction of sp³-hybridized carbons (Fsp3) is 0. The van der Waals surface area contributed by atoms with Crippen LogP contribution in [0.15, 0.2) is 53.9 Å². The van der Waals surface area contributed by atoms with Crippen LogP contribution in [0.1, 0.15) is 0 Å². The maximum atomic E-state index is 11.2. The van der Waals surface area contributed by atoms with E-state index in [9.17, 15) is 13.2 Å². The molecule has 0 aliphatic carbocycles. The standard InChI is InChI=1S/C13H11NO4S/c1-2-13(15)14-10-6-7-11-9(8-10)4-3-5-12(11)19(16,17)18/h2-8H,1H2,(H,14,15)(H,16,17,18). The lowest BCUT2D eigenvalue weighted by Crippen LogP contribution is -2.07. The van der Waals surface area contributed by atoms with Crippen LogP contribution in [0.25, 0.3) is 10.8 Å². The van der Waals surface area contributed by atoms with E-state index in [4.69, 9.17) is 4.55 Å². The minimum Gasteiger partial charge on any atom is -0.323 e. The first-order valence-corrected chi connectivity index (χ1v) is 6.79. The molecule has 0 saturated heterocycles. The Hall–Kier alpha value is -2.18. The van der Waals surface area contributed by atoms with Crippen molar-refractivity contribution in [2.24, 2.45) is 0 Å². The van der Waals surface area contributed by atoms with Crippen molar-refractivity contribution < 1.29 is 17.8 Å². The first-order chi connectivity index (χ1) is 8.91. The fourth-order valence-electron chi connectivity index (χ4n) is 1.75. The van der Waals surface area contributed by atoms with Crippen LogP contribution in [0, 0.1) is 0 Å². The second kappa shape index (κ2) is 4.83. The van der Waals surface area contributed by atoms with Crippen LogP contribution in [0.2, 0.25) is 0 Å². The fourth-order valence-corrected chi connectivity index (χ4v) is 2.46. The van der Waals surface area contributed by atoms with Crippen molar-refractivity contribution in [3.8, 4) is 0 Å². The van der Waals surface area contributed by atoms with Gasteiger partial charge in [-0.25, -0.2) is 0 Å². The Balaban J connectivity index is 2.57. The molecule has 0 aliphatic rings. The quantitative estimate of drug-likeness (QED) is 0.665. The monoisotopic (exact) mass is 277 g/mol. The summed E-state index contributed by atoms with van der Waals surface area (Å²) in [5, 5.41) is 3.56. The molecule has 2 aromatic carbocycles. The van der Waals surface area contributed by atoms with Gasteiger partial charge in [-0.05, 0) is 29.7 Å². The van der Waals surface area contributed by atoms with E-state index in [0.717, 1.165) is 6.08 Å². The highest BCUT2D eigenvalue weighted by Crippen LogP contribution is 2.25. The molecule has 0 spiro atoms. The van der Waals surface area contributed by atoms with E-state index in [-0.39, 0.29) is 10.8 Å². The molecule has 2 N–H and O–H groups in total. The average Bonchev–Trinajstić information content (AvgIpc) is 2.36. The van der Waals surface area contributed by atoms with Crippen molar-refractivity contribution in [1.29, 1.82) is 0 Å². The van der Waals surface area contributed by atoms with Crippen molar-refractivity contribution in [3.05, 3.63) is 49.1 Å². The number of hydrogen-bond acceptors (Lipinski definition) is 3. The molecule has 0 bridgehead atoms. The highest BCUT2D eigenvalue weighted by Gasteiger charge is 2.13. The lowest BCUT2D eigenvalue weighted by molar-refractivity contribution is -0.111. The van der Waals surface area contributed by atoms with Crippen molar-refractivity contribution in [1.82, 2.24) is 0 Å². The second-order valence-electron chi connectivity index (χ2n) is 3.86. The van der Waals surface area contributed by atoms with Crippen LogP contribution in [-0.4, -0.2) is 18.9 Å². The Morgan fingerprint density at radius 2 is 2.00 bits per heavy atom. The average molecular weight is 277 g/mol. The molecule has 0 aromatic heterocycles. The molecule has 5 nitrogen and oxygen atoms in total. The lowest BCUT2D eigenvalue weighted by atomic mass is 10.1. The van der Waals surface area contributed by atoms with Gasteiger partial charge in [-0.15, -0.1) is 0 Å². The molecule has 0 aliphatic heterocycles. The molecule has 2 aromatic rings. The zero-order valence-electron chi connectivity index (χ0n) is 9.83. The molecule has 0 unspecified atom stereocenters. The number of amides is 1. The molecule has 6 heteroatoms. The van der Waals surface area contributed by atoms with Gasteiger partial charge in [0, 0.05) is 11.1 Å². The van der Waals surface area contributed by atoms with Crippen LogP contribution in [0.4, 0.5) is 5.69 Å². The van der Waals surface area contributed by atoms with Crippen LogP contribution in [0.5, 0.6) is 0 Å². The number of fused-ring (bicyclic) bond motifs is 1. The topological polar surface area (TPSA) is 83.5 Å². The molecular formula is C13H11NO4S. The zero-order valence-corrected chi connectivity index (χ0v) is 10.6. The first-order valence-electron chi connectivity index (χ1n) is 5.35. The van der Waals surface area contributed by atoms with Crippen molar-refractivity contribution in [3.63, 3.8) is 0 Å². The third kappa shape index (κ3) is 2.81. The Morgan fingerprint density at radius 1 is 1.26 bits per heavy atom. The van der Waals surface area contributed by atoms with Gasteiger partial charge >= 0.3 is 0 Å². The van der Waals surface area contributed by atoms with Gasteiger partial charge in [0.25, 0.3) is 10.1 Å². The van der Waals surface area contributed by atoms with Gasteiger partial charge in [-0.1, -0.05) is 24.8 Å². The van der Waals surface area contributed by atoms with E-state index in [1.807, 2.05) is 0 Å². The number of carbonyl (C=O) groups excluding carboxylic acids is 1. The maximum absolute atomic E-state index is 11.2. The summed E-state index contributed by atoms with van der Waals surface area (Å²) in [4.78, 5) is 11.0. The maximum Gasteiger partial charge on any atom is 0.295 e. The van der Waals surface area contributed by atoms with Gasteiger partial charge in [0.1, 0.15) is 4.90 Å². The van der Waals surface area contributed by atoms with Crippen molar-refractivity contribution >= 4 is 32.5 Å². The van der Waals surface area contributed by atoms with Crippen molar-refractivity contribution in [2.75, 3.05) is 5.32 Å². The molecule has 0 heterocycles. The molecular weight excluding hydrogens is 266 g/mol. The molecule has 1 amide bonds. The predicted molar refractivity (Wildman–Crippen MR) is 72.6 cm³/mol. The van der Waals surface area contributed by atoms with Crippen LogP contribution >= 0.6 is 0 Å². The largest absolute Gasteiger partial charge is 0.323 e. The number of anilines is 1. The third-order valence-electron chi connectivity index (χ3n) is 2.57. The molecule has 0 fully saturated rings. The summed E-state index contributed by atoms with van der Waals surface area (Å²) in [7, 11) is -4.27. The lowest BCUT2D eigenvalue weighted by Gasteiger charge is -2.07. The summed E-state index contributed by atoms with van der Waals surface area (Å²) in [5.74, 6) is -0.356. The Kier molecular flexibility index (Phi) is 3.37. The van der Waals surface area contributed by atoms with Gasteiger partial charge in [-0.3, -0.25) is 9.35 Å². The Labute approximate surface area is 110 Å². The third-order valence-corrected chi connectivity index (χ3v) is 3.48. The van der Waals surface area contributed by atoms with Gasteiger partial charge in [-0.2, -0.15) is 8.42 Å². The van der Waals surface area contributed by atoms with E-state index < -0.39 is 10.1 Å². The molecule has 0 radical (unpaired) electrons. The summed E-state index contributed by atoms with van der Waals surface area (Å²) in [6.45, 7) is 3.34. The summed E-state index contributed by atoms with van der Waals surface area (Å²) in [6, 6.07) is 9.22. The summed E-state index contributed by atoms with van der Waals surface area (Å²) in [5.41, 5.74) is 0.518. The van der Waals surface area contributed by atoms with E-state index in [2.05, 4.69) is 11.9 Å². The summed E-state index contributed by atoms with van der Waals surface area (Å²) in [6.07, 6.45) is 1.14.